The van der Waals surface area contributed by atoms with Crippen molar-refractivity contribution in [1.29, 1.82) is 0 Å². The van der Waals surface area contributed by atoms with Crippen LogP contribution >= 0.6 is 11.6 Å². The average Bonchev–Trinajstić information content (AvgIpc) is 2.97. The fourth-order valence-electron chi connectivity index (χ4n) is 3.13. The summed E-state index contributed by atoms with van der Waals surface area (Å²) in [5.41, 5.74) is 3.48. The van der Waals surface area contributed by atoms with Crippen molar-refractivity contribution in [3.8, 4) is 0 Å². The molecule has 1 aliphatic heterocycles. The molecule has 116 valence electrons. The Kier molecular flexibility index (Phi) is 3.54. The maximum Gasteiger partial charge on any atom is 0.233 e. The van der Waals surface area contributed by atoms with Crippen molar-refractivity contribution in [3.05, 3.63) is 58.7 Å². The lowest BCUT2D eigenvalue weighted by Gasteiger charge is -2.29. The zero-order valence-electron chi connectivity index (χ0n) is 12.5. The second-order valence-corrected chi connectivity index (χ2v) is 6.16. The van der Waals surface area contributed by atoms with Crippen molar-refractivity contribution in [2.45, 2.75) is 19.3 Å². The molecule has 4 rings (SSSR count). The molecule has 0 N–H and O–H groups in total. The average molecular weight is 327 g/mol. The predicted molar refractivity (Wildman–Crippen MR) is 89.8 cm³/mol. The van der Waals surface area contributed by atoms with E-state index in [0.29, 0.717) is 16.3 Å². The summed E-state index contributed by atoms with van der Waals surface area (Å²) in [7, 11) is 0. The van der Waals surface area contributed by atoms with Gasteiger partial charge in [-0.1, -0.05) is 28.9 Å². The molecule has 0 radical (unpaired) electrons. The number of carbonyl (C=O) groups excluding carboxylic acids is 1. The molecule has 23 heavy (non-hydrogen) atoms. The summed E-state index contributed by atoms with van der Waals surface area (Å²) in [6, 6.07) is 13.3. The first-order valence-electron chi connectivity index (χ1n) is 7.64. The highest BCUT2D eigenvalue weighted by molar-refractivity contribution is 6.30. The topological polar surface area (TPSA) is 46.3 Å². The molecule has 1 aliphatic rings. The molecule has 0 aliphatic carbocycles. The van der Waals surface area contributed by atoms with Crippen LogP contribution < -0.4 is 4.90 Å². The Labute approximate surface area is 138 Å². The zero-order chi connectivity index (χ0) is 15.8. The zero-order valence-corrected chi connectivity index (χ0v) is 13.2. The maximum absolute atomic E-state index is 12.8. The lowest BCUT2D eigenvalue weighted by molar-refractivity contribution is -0.118. The molecule has 3 aromatic rings. The van der Waals surface area contributed by atoms with Gasteiger partial charge in [0, 0.05) is 22.6 Å². The van der Waals surface area contributed by atoms with Crippen molar-refractivity contribution in [2.75, 3.05) is 11.4 Å². The number of carbonyl (C=O) groups is 1. The van der Waals surface area contributed by atoms with Gasteiger partial charge in [-0.15, -0.1) is 0 Å². The highest BCUT2D eigenvalue weighted by atomic mass is 35.5. The van der Waals surface area contributed by atoms with Gasteiger partial charge in [0.2, 0.25) is 5.91 Å². The summed E-state index contributed by atoms with van der Waals surface area (Å²) in [4.78, 5) is 14.6. The minimum absolute atomic E-state index is 0.0346. The van der Waals surface area contributed by atoms with Gasteiger partial charge in [-0.3, -0.25) is 4.79 Å². The number of halogens is 1. The summed E-state index contributed by atoms with van der Waals surface area (Å²) in [5, 5.41) is 5.66. The number of amides is 1. The van der Waals surface area contributed by atoms with E-state index in [1.165, 1.54) is 0 Å². The standard InChI is InChI=1S/C18H15ClN2O2/c19-13-7-8-16-12(10-13)4-3-9-21(16)18(22)11-15-14-5-1-2-6-17(14)23-20-15/h1-2,5-8,10H,3-4,9,11H2. The lowest BCUT2D eigenvalue weighted by atomic mass is 10.0. The Morgan fingerprint density at radius 1 is 1.26 bits per heavy atom. The van der Waals surface area contributed by atoms with Gasteiger partial charge < -0.3 is 9.42 Å². The summed E-state index contributed by atoms with van der Waals surface area (Å²) in [6.45, 7) is 0.725. The fourth-order valence-corrected chi connectivity index (χ4v) is 3.32. The van der Waals surface area contributed by atoms with Crippen molar-refractivity contribution < 1.29 is 9.32 Å². The van der Waals surface area contributed by atoms with Gasteiger partial charge in [0.1, 0.15) is 5.69 Å². The molecule has 0 atom stereocenters. The Bertz CT molecular complexity index is 888. The third-order valence-corrected chi connectivity index (χ3v) is 4.47. The van der Waals surface area contributed by atoms with E-state index in [9.17, 15) is 4.79 Å². The molecule has 5 heteroatoms. The van der Waals surface area contributed by atoms with E-state index < -0.39 is 0 Å². The monoisotopic (exact) mass is 326 g/mol. The van der Waals surface area contributed by atoms with E-state index in [4.69, 9.17) is 16.1 Å². The number of aryl methyl sites for hydroxylation is 1. The number of aromatic nitrogens is 1. The summed E-state index contributed by atoms with van der Waals surface area (Å²) >= 11 is 6.06. The Morgan fingerprint density at radius 3 is 3.04 bits per heavy atom. The van der Waals surface area contributed by atoms with E-state index in [-0.39, 0.29) is 12.3 Å². The molecule has 0 bridgehead atoms. The molecule has 0 unspecified atom stereocenters. The minimum atomic E-state index is 0.0346. The number of anilines is 1. The number of benzene rings is 2. The van der Waals surface area contributed by atoms with Gasteiger partial charge in [0.15, 0.2) is 5.58 Å². The van der Waals surface area contributed by atoms with Gasteiger partial charge in [-0.2, -0.15) is 0 Å². The Hall–Kier alpha value is -2.33. The molecular weight excluding hydrogens is 312 g/mol. The largest absolute Gasteiger partial charge is 0.356 e. The second-order valence-electron chi connectivity index (χ2n) is 5.72. The van der Waals surface area contributed by atoms with Crippen LogP contribution in [0.1, 0.15) is 17.7 Å². The van der Waals surface area contributed by atoms with E-state index in [1.54, 1.807) is 0 Å². The highest BCUT2D eigenvalue weighted by Crippen LogP contribution is 2.30. The number of hydrogen-bond donors (Lipinski definition) is 0. The molecule has 2 aromatic carbocycles. The smallest absolute Gasteiger partial charge is 0.233 e. The van der Waals surface area contributed by atoms with Gasteiger partial charge in [0.05, 0.1) is 6.42 Å². The number of nitrogens with zero attached hydrogens (tertiary/aromatic N) is 2. The van der Waals surface area contributed by atoms with Gasteiger partial charge >= 0.3 is 0 Å². The molecule has 1 amide bonds. The summed E-state index contributed by atoms with van der Waals surface area (Å²) in [6.07, 6.45) is 2.13. The molecule has 0 spiro atoms. The molecule has 4 nitrogen and oxygen atoms in total. The maximum atomic E-state index is 12.8. The quantitative estimate of drug-likeness (QED) is 0.715. The first-order chi connectivity index (χ1) is 11.2. The number of hydrogen-bond acceptors (Lipinski definition) is 3. The highest BCUT2D eigenvalue weighted by Gasteiger charge is 2.24. The van der Waals surface area contributed by atoms with E-state index in [0.717, 1.165) is 36.0 Å². The van der Waals surface area contributed by atoms with E-state index >= 15 is 0 Å². The van der Waals surface area contributed by atoms with Gasteiger partial charge in [-0.05, 0) is 48.7 Å². The van der Waals surface area contributed by atoms with Crippen LogP contribution in [-0.4, -0.2) is 17.6 Å². The molecule has 1 aromatic heterocycles. The molecule has 2 heterocycles. The second kappa shape index (κ2) is 5.70. The van der Waals surface area contributed by atoms with Crippen LogP contribution in [0.3, 0.4) is 0 Å². The van der Waals surface area contributed by atoms with Crippen molar-refractivity contribution in [3.63, 3.8) is 0 Å². The summed E-state index contributed by atoms with van der Waals surface area (Å²) < 4.78 is 5.28. The molecule has 0 fully saturated rings. The predicted octanol–water partition coefficient (Wildman–Crippen LogP) is 4.00. The third kappa shape index (κ3) is 2.59. The van der Waals surface area contributed by atoms with Crippen LogP contribution in [-0.2, 0) is 17.6 Å². The molecule has 0 saturated carbocycles. The Balaban J connectivity index is 1.63. The van der Waals surface area contributed by atoms with E-state index in [2.05, 4.69) is 5.16 Å². The normalized spacial score (nSPS) is 14.0. The molecule has 0 saturated heterocycles. The van der Waals surface area contributed by atoms with Crippen molar-refractivity contribution in [2.24, 2.45) is 0 Å². The third-order valence-electron chi connectivity index (χ3n) is 4.23. The first-order valence-corrected chi connectivity index (χ1v) is 8.02. The number of para-hydroxylation sites is 1. The number of fused-ring (bicyclic) bond motifs is 2. The van der Waals surface area contributed by atoms with Crippen LogP contribution in [0.5, 0.6) is 0 Å². The van der Waals surface area contributed by atoms with Crippen LogP contribution in [0.4, 0.5) is 5.69 Å². The minimum Gasteiger partial charge on any atom is -0.356 e. The van der Waals surface area contributed by atoms with Gasteiger partial charge in [0.25, 0.3) is 0 Å². The van der Waals surface area contributed by atoms with Crippen LogP contribution in [0, 0.1) is 0 Å². The van der Waals surface area contributed by atoms with E-state index in [1.807, 2.05) is 47.4 Å². The van der Waals surface area contributed by atoms with Gasteiger partial charge in [-0.25, -0.2) is 0 Å². The van der Waals surface area contributed by atoms with Crippen molar-refractivity contribution in [1.82, 2.24) is 5.16 Å². The molecular formula is C18H15ClN2O2. The lowest BCUT2D eigenvalue weighted by Crippen LogP contribution is -2.36. The summed E-state index contributed by atoms with van der Waals surface area (Å²) in [5.74, 6) is 0.0346. The van der Waals surface area contributed by atoms with Crippen LogP contribution in [0.15, 0.2) is 47.0 Å². The van der Waals surface area contributed by atoms with Crippen molar-refractivity contribution >= 4 is 34.2 Å². The first kappa shape index (κ1) is 14.3. The SMILES string of the molecule is O=C(Cc1noc2ccccc12)N1CCCc2cc(Cl)ccc21. The Morgan fingerprint density at radius 2 is 2.13 bits per heavy atom. The number of rotatable bonds is 2. The van der Waals surface area contributed by atoms with Crippen LogP contribution in [0.25, 0.3) is 11.0 Å². The van der Waals surface area contributed by atoms with Crippen LogP contribution in [0.2, 0.25) is 5.02 Å². The fraction of sp³-hybridized carbons (Fsp3) is 0.222.